The highest BCUT2D eigenvalue weighted by Gasteiger charge is 2.29. The number of halogens is 3. The number of nitrogens with one attached hydrogen (secondary N) is 3. The second-order valence-electron chi connectivity index (χ2n) is 9.43. The van der Waals surface area contributed by atoms with Crippen molar-refractivity contribution in [3.63, 3.8) is 0 Å². The van der Waals surface area contributed by atoms with E-state index in [1.807, 2.05) is 0 Å². The van der Waals surface area contributed by atoms with E-state index in [0.29, 0.717) is 28.5 Å². The SMILES string of the molecule is O=C1CCC(c2ccc(CN[C@H]3CCC[C@@H](Nc4ncnc5sc(CC(F)(F)F)cc45)C3)cc2)N1. The van der Waals surface area contributed by atoms with Crippen LogP contribution in [0.3, 0.4) is 0 Å². The summed E-state index contributed by atoms with van der Waals surface area (Å²) in [6, 6.07) is 10.6. The quantitative estimate of drug-likeness (QED) is 0.410. The molecule has 0 radical (unpaired) electrons. The number of thiophene rings is 1. The number of fused-ring (bicyclic) bond motifs is 1. The average Bonchev–Trinajstić information content (AvgIpc) is 3.43. The van der Waals surface area contributed by atoms with Gasteiger partial charge in [-0.15, -0.1) is 11.3 Å². The van der Waals surface area contributed by atoms with Crippen molar-refractivity contribution >= 4 is 33.3 Å². The van der Waals surface area contributed by atoms with Crippen molar-refractivity contribution in [3.8, 4) is 0 Å². The van der Waals surface area contributed by atoms with Crippen LogP contribution in [0.5, 0.6) is 0 Å². The lowest BCUT2D eigenvalue weighted by atomic mass is 9.90. The molecule has 1 aromatic carbocycles. The number of rotatable bonds is 7. The Kier molecular flexibility index (Phi) is 6.93. The van der Waals surface area contributed by atoms with Crippen LogP contribution in [0.1, 0.15) is 60.6 Å². The summed E-state index contributed by atoms with van der Waals surface area (Å²) in [5.74, 6) is 0.726. The van der Waals surface area contributed by atoms with Crippen LogP contribution in [0.15, 0.2) is 36.7 Å². The minimum Gasteiger partial charge on any atom is -0.367 e. The first-order valence-corrected chi connectivity index (χ1v) is 12.8. The van der Waals surface area contributed by atoms with E-state index in [1.54, 1.807) is 6.07 Å². The molecule has 1 saturated heterocycles. The Morgan fingerprint density at radius 3 is 2.63 bits per heavy atom. The summed E-state index contributed by atoms with van der Waals surface area (Å²) in [5.41, 5.74) is 2.34. The normalized spacial score (nSPS) is 22.9. The molecule has 2 fully saturated rings. The second kappa shape index (κ2) is 10.1. The topological polar surface area (TPSA) is 78.9 Å². The fourth-order valence-electron chi connectivity index (χ4n) is 5.00. The number of carbonyl (C=O) groups excluding carboxylic acids is 1. The number of alkyl halides is 3. The Bertz CT molecular complexity index is 1180. The van der Waals surface area contributed by atoms with Gasteiger partial charge in [0.1, 0.15) is 17.0 Å². The summed E-state index contributed by atoms with van der Waals surface area (Å²) in [5, 5.41) is 10.8. The zero-order valence-electron chi connectivity index (χ0n) is 19.2. The molecule has 3 heterocycles. The molecular weight excluding hydrogens is 475 g/mol. The third-order valence-electron chi connectivity index (χ3n) is 6.74. The van der Waals surface area contributed by atoms with Crippen molar-refractivity contribution < 1.29 is 18.0 Å². The number of aromatic nitrogens is 2. The van der Waals surface area contributed by atoms with Gasteiger partial charge in [-0.05, 0) is 49.3 Å². The number of carbonyl (C=O) groups is 1. The van der Waals surface area contributed by atoms with Crippen molar-refractivity contribution in [2.24, 2.45) is 0 Å². The maximum Gasteiger partial charge on any atom is 0.393 e. The lowest BCUT2D eigenvalue weighted by Gasteiger charge is -2.31. The molecule has 186 valence electrons. The monoisotopic (exact) mass is 503 g/mol. The molecule has 3 N–H and O–H groups in total. The van der Waals surface area contributed by atoms with E-state index in [0.717, 1.165) is 55.5 Å². The first kappa shape index (κ1) is 24.0. The molecule has 2 aliphatic rings. The Morgan fingerprint density at radius 1 is 1.09 bits per heavy atom. The predicted octanol–water partition coefficient (Wildman–Crippen LogP) is 5.26. The molecule has 5 rings (SSSR count). The van der Waals surface area contributed by atoms with E-state index in [2.05, 4.69) is 50.2 Å². The summed E-state index contributed by atoms with van der Waals surface area (Å²) in [6.45, 7) is 0.762. The maximum absolute atomic E-state index is 12.8. The first-order valence-electron chi connectivity index (χ1n) is 12.0. The van der Waals surface area contributed by atoms with Crippen molar-refractivity contribution in [2.75, 3.05) is 5.32 Å². The van der Waals surface area contributed by atoms with Crippen LogP contribution in [0.25, 0.3) is 10.2 Å². The number of amides is 1. The Hall–Kier alpha value is -2.72. The number of nitrogens with zero attached hydrogens (tertiary/aromatic N) is 2. The lowest BCUT2D eigenvalue weighted by Crippen LogP contribution is -2.38. The van der Waals surface area contributed by atoms with Gasteiger partial charge in [-0.25, -0.2) is 9.97 Å². The zero-order chi connectivity index (χ0) is 24.4. The van der Waals surface area contributed by atoms with E-state index in [-0.39, 0.29) is 22.9 Å². The highest BCUT2D eigenvalue weighted by molar-refractivity contribution is 7.18. The van der Waals surface area contributed by atoms with Crippen LogP contribution in [0.2, 0.25) is 0 Å². The summed E-state index contributed by atoms with van der Waals surface area (Å²) < 4.78 is 38.5. The Morgan fingerprint density at radius 2 is 1.89 bits per heavy atom. The summed E-state index contributed by atoms with van der Waals surface area (Å²) >= 11 is 1.07. The van der Waals surface area contributed by atoms with Crippen molar-refractivity contribution in [1.29, 1.82) is 0 Å². The molecule has 35 heavy (non-hydrogen) atoms. The maximum atomic E-state index is 12.8. The van der Waals surface area contributed by atoms with Gasteiger partial charge >= 0.3 is 6.18 Å². The molecule has 1 aliphatic carbocycles. The average molecular weight is 504 g/mol. The molecule has 6 nitrogen and oxygen atoms in total. The molecule has 1 unspecified atom stereocenters. The van der Waals surface area contributed by atoms with Crippen LogP contribution in [-0.2, 0) is 17.8 Å². The number of benzene rings is 1. The highest BCUT2D eigenvalue weighted by atomic mass is 32.1. The molecular formula is C25H28F3N5OS. The molecule has 1 saturated carbocycles. The summed E-state index contributed by atoms with van der Waals surface area (Å²) in [6.07, 6.45) is 1.72. The molecule has 2 aromatic heterocycles. The van der Waals surface area contributed by atoms with E-state index >= 15 is 0 Å². The zero-order valence-corrected chi connectivity index (χ0v) is 20.0. The van der Waals surface area contributed by atoms with Gasteiger partial charge in [0.2, 0.25) is 5.91 Å². The molecule has 1 aliphatic heterocycles. The first-order chi connectivity index (χ1) is 16.8. The number of anilines is 1. The van der Waals surface area contributed by atoms with Gasteiger partial charge < -0.3 is 16.0 Å². The fraction of sp³-hybridized carbons (Fsp3) is 0.480. The van der Waals surface area contributed by atoms with Gasteiger partial charge in [-0.3, -0.25) is 4.79 Å². The van der Waals surface area contributed by atoms with Crippen LogP contribution < -0.4 is 16.0 Å². The van der Waals surface area contributed by atoms with Crippen LogP contribution in [0, 0.1) is 0 Å². The van der Waals surface area contributed by atoms with Crippen LogP contribution in [-0.4, -0.2) is 34.1 Å². The Labute approximate surface area is 205 Å². The van der Waals surface area contributed by atoms with Crippen LogP contribution >= 0.6 is 11.3 Å². The molecule has 0 bridgehead atoms. The molecule has 10 heteroatoms. The predicted molar refractivity (Wildman–Crippen MR) is 130 cm³/mol. The van der Waals surface area contributed by atoms with E-state index < -0.39 is 12.6 Å². The Balaban J connectivity index is 1.17. The lowest BCUT2D eigenvalue weighted by molar-refractivity contribution is -0.126. The third kappa shape index (κ3) is 6.10. The molecule has 0 spiro atoms. The fourth-order valence-corrected chi connectivity index (χ4v) is 6.03. The van der Waals surface area contributed by atoms with E-state index in [9.17, 15) is 18.0 Å². The van der Waals surface area contributed by atoms with Gasteiger partial charge in [-0.2, -0.15) is 13.2 Å². The number of hydrogen-bond donors (Lipinski definition) is 3. The summed E-state index contributed by atoms with van der Waals surface area (Å²) in [7, 11) is 0. The number of hydrogen-bond acceptors (Lipinski definition) is 6. The largest absolute Gasteiger partial charge is 0.393 e. The van der Waals surface area contributed by atoms with Gasteiger partial charge in [0.15, 0.2) is 0 Å². The summed E-state index contributed by atoms with van der Waals surface area (Å²) in [4.78, 5) is 20.8. The van der Waals surface area contributed by atoms with Gasteiger partial charge in [0.05, 0.1) is 17.8 Å². The molecule has 1 amide bonds. The standard InChI is InChI=1S/C25H28F3N5OS/c26-25(27,28)12-19-11-20-23(30-14-31-24(20)35-19)32-18-3-1-2-17(10-18)29-13-15-4-6-16(7-5-15)21-8-9-22(34)33-21/h4-7,11,14,17-18,21,29H,1-3,8-10,12-13H2,(H,33,34)(H,30,31,32)/t17-,18+,21?/m0/s1. The van der Waals surface area contributed by atoms with E-state index in [4.69, 9.17) is 0 Å². The van der Waals surface area contributed by atoms with Gasteiger partial charge in [-0.1, -0.05) is 24.3 Å². The molecule has 3 atom stereocenters. The van der Waals surface area contributed by atoms with Crippen molar-refractivity contribution in [3.05, 3.63) is 52.7 Å². The van der Waals surface area contributed by atoms with Gasteiger partial charge in [0, 0.05) is 29.9 Å². The highest BCUT2D eigenvalue weighted by Crippen LogP contribution is 2.33. The van der Waals surface area contributed by atoms with Gasteiger partial charge in [0.25, 0.3) is 0 Å². The van der Waals surface area contributed by atoms with Crippen molar-refractivity contribution in [2.45, 2.75) is 75.8 Å². The molecule has 3 aromatic rings. The van der Waals surface area contributed by atoms with E-state index in [1.165, 1.54) is 11.9 Å². The van der Waals surface area contributed by atoms with Crippen molar-refractivity contribution in [1.82, 2.24) is 20.6 Å². The smallest absolute Gasteiger partial charge is 0.367 e. The second-order valence-corrected chi connectivity index (χ2v) is 10.5. The minimum absolute atomic E-state index is 0.115. The van der Waals surface area contributed by atoms with Crippen LogP contribution in [0.4, 0.5) is 19.0 Å². The minimum atomic E-state index is -4.24. The third-order valence-corrected chi connectivity index (χ3v) is 7.79.